The maximum absolute atomic E-state index is 12.7. The number of halogens is 1. The van der Waals surface area contributed by atoms with Gasteiger partial charge in [0, 0.05) is 6.07 Å². The van der Waals surface area contributed by atoms with E-state index in [0.717, 1.165) is 0 Å². The smallest absolute Gasteiger partial charge is 0.126 e. The highest BCUT2D eigenvalue weighted by atomic mass is 19.1. The van der Waals surface area contributed by atoms with Gasteiger partial charge in [0.15, 0.2) is 0 Å². The molecule has 0 spiro atoms. The summed E-state index contributed by atoms with van der Waals surface area (Å²) in [6, 6.07) is 5.80. The molecule has 0 aromatic heterocycles. The first-order chi connectivity index (χ1) is 6.72. The normalized spacial score (nSPS) is 12.5. The van der Waals surface area contributed by atoms with Crippen molar-refractivity contribution in [2.75, 3.05) is 13.2 Å². The van der Waals surface area contributed by atoms with Crippen molar-refractivity contribution < 1.29 is 14.2 Å². The summed E-state index contributed by atoms with van der Waals surface area (Å²) in [5.74, 6) is 0.0666. The van der Waals surface area contributed by atoms with E-state index in [2.05, 4.69) is 0 Å². The van der Waals surface area contributed by atoms with E-state index in [4.69, 9.17) is 10.5 Å². The lowest BCUT2D eigenvalue weighted by molar-refractivity contribution is 0.102. The molecule has 0 saturated carbocycles. The standard InChI is InChI=1S/C10H14FNO2/c11-8-2-1-3-10(6-8)14-7-9(13)4-5-12/h1-3,6,9,13H,4-5,7,12H2. The van der Waals surface area contributed by atoms with Crippen molar-refractivity contribution in [2.24, 2.45) is 5.73 Å². The van der Waals surface area contributed by atoms with Gasteiger partial charge in [-0.15, -0.1) is 0 Å². The van der Waals surface area contributed by atoms with Crippen LogP contribution < -0.4 is 10.5 Å². The topological polar surface area (TPSA) is 55.5 Å². The predicted molar refractivity (Wildman–Crippen MR) is 51.6 cm³/mol. The summed E-state index contributed by atoms with van der Waals surface area (Å²) in [5.41, 5.74) is 5.25. The maximum Gasteiger partial charge on any atom is 0.126 e. The Morgan fingerprint density at radius 1 is 1.50 bits per heavy atom. The van der Waals surface area contributed by atoms with E-state index in [1.54, 1.807) is 12.1 Å². The molecule has 1 rings (SSSR count). The summed E-state index contributed by atoms with van der Waals surface area (Å²) in [7, 11) is 0. The van der Waals surface area contributed by atoms with Gasteiger partial charge in [0.05, 0.1) is 6.10 Å². The zero-order valence-corrected chi connectivity index (χ0v) is 7.82. The molecule has 0 fully saturated rings. The minimum atomic E-state index is -0.594. The third-order valence-electron chi connectivity index (χ3n) is 1.74. The number of nitrogens with two attached hydrogens (primary N) is 1. The van der Waals surface area contributed by atoms with Gasteiger partial charge in [-0.05, 0) is 25.1 Å². The molecule has 1 aromatic rings. The van der Waals surface area contributed by atoms with E-state index in [-0.39, 0.29) is 12.4 Å². The summed E-state index contributed by atoms with van der Waals surface area (Å²) in [6.07, 6.45) is -0.113. The molecule has 1 unspecified atom stereocenters. The van der Waals surface area contributed by atoms with E-state index >= 15 is 0 Å². The molecule has 3 nitrogen and oxygen atoms in total. The molecule has 1 aromatic carbocycles. The highest BCUT2D eigenvalue weighted by molar-refractivity contribution is 5.22. The second kappa shape index (κ2) is 5.57. The maximum atomic E-state index is 12.7. The molecule has 0 aliphatic rings. The Labute approximate surface area is 82.3 Å². The van der Waals surface area contributed by atoms with E-state index in [0.29, 0.717) is 18.7 Å². The van der Waals surface area contributed by atoms with E-state index < -0.39 is 6.10 Å². The van der Waals surface area contributed by atoms with Crippen LogP contribution in [0.5, 0.6) is 5.75 Å². The lowest BCUT2D eigenvalue weighted by Gasteiger charge is -2.10. The number of hydrogen-bond acceptors (Lipinski definition) is 3. The van der Waals surface area contributed by atoms with Gasteiger partial charge in [-0.2, -0.15) is 0 Å². The Morgan fingerprint density at radius 2 is 2.29 bits per heavy atom. The Bertz CT molecular complexity index is 281. The van der Waals surface area contributed by atoms with Crippen molar-refractivity contribution in [3.63, 3.8) is 0 Å². The van der Waals surface area contributed by atoms with Crippen molar-refractivity contribution in [2.45, 2.75) is 12.5 Å². The van der Waals surface area contributed by atoms with Crippen LogP contribution in [0.3, 0.4) is 0 Å². The van der Waals surface area contributed by atoms with Crippen LogP contribution in [0.2, 0.25) is 0 Å². The fourth-order valence-corrected chi connectivity index (χ4v) is 1.02. The summed E-state index contributed by atoms with van der Waals surface area (Å²) in [4.78, 5) is 0. The first-order valence-corrected chi connectivity index (χ1v) is 4.49. The van der Waals surface area contributed by atoms with Crippen molar-refractivity contribution in [3.05, 3.63) is 30.1 Å². The molecule has 0 bridgehead atoms. The largest absolute Gasteiger partial charge is 0.491 e. The SMILES string of the molecule is NCCC(O)COc1cccc(F)c1. The van der Waals surface area contributed by atoms with Crippen LogP contribution >= 0.6 is 0 Å². The lowest BCUT2D eigenvalue weighted by Crippen LogP contribution is -2.21. The number of benzene rings is 1. The monoisotopic (exact) mass is 199 g/mol. The van der Waals surface area contributed by atoms with Gasteiger partial charge in [-0.25, -0.2) is 4.39 Å². The van der Waals surface area contributed by atoms with Crippen LogP contribution in [0.25, 0.3) is 0 Å². The van der Waals surface area contributed by atoms with E-state index in [9.17, 15) is 9.50 Å². The first kappa shape index (κ1) is 10.9. The Balaban J connectivity index is 2.37. The van der Waals surface area contributed by atoms with Crippen molar-refractivity contribution in [1.82, 2.24) is 0 Å². The van der Waals surface area contributed by atoms with Gasteiger partial charge in [0.2, 0.25) is 0 Å². The van der Waals surface area contributed by atoms with Crippen LogP contribution in [0.1, 0.15) is 6.42 Å². The zero-order valence-electron chi connectivity index (χ0n) is 7.82. The molecule has 0 radical (unpaired) electrons. The minimum absolute atomic E-state index is 0.140. The Morgan fingerprint density at radius 3 is 2.93 bits per heavy atom. The van der Waals surface area contributed by atoms with Crippen molar-refractivity contribution >= 4 is 0 Å². The summed E-state index contributed by atoms with van der Waals surface area (Å²) in [6.45, 7) is 0.550. The third-order valence-corrected chi connectivity index (χ3v) is 1.74. The Hall–Kier alpha value is -1.13. The Kier molecular flexibility index (Phi) is 4.35. The molecule has 0 heterocycles. The molecule has 1 atom stereocenters. The van der Waals surface area contributed by atoms with Gasteiger partial charge in [0.1, 0.15) is 18.2 Å². The molecular weight excluding hydrogens is 185 g/mol. The quantitative estimate of drug-likeness (QED) is 0.741. The second-order valence-electron chi connectivity index (χ2n) is 3.00. The average Bonchev–Trinajstić information content (AvgIpc) is 2.15. The fraction of sp³-hybridized carbons (Fsp3) is 0.400. The lowest BCUT2D eigenvalue weighted by atomic mass is 10.3. The molecule has 4 heteroatoms. The van der Waals surface area contributed by atoms with Crippen LogP contribution in [0.4, 0.5) is 4.39 Å². The third kappa shape index (κ3) is 3.72. The first-order valence-electron chi connectivity index (χ1n) is 4.49. The molecule has 78 valence electrons. The van der Waals surface area contributed by atoms with Crippen LogP contribution in [-0.2, 0) is 0 Å². The van der Waals surface area contributed by atoms with E-state index in [1.165, 1.54) is 12.1 Å². The van der Waals surface area contributed by atoms with Gasteiger partial charge < -0.3 is 15.6 Å². The van der Waals surface area contributed by atoms with Crippen LogP contribution in [0.15, 0.2) is 24.3 Å². The van der Waals surface area contributed by atoms with Crippen molar-refractivity contribution in [1.29, 1.82) is 0 Å². The molecule has 3 N–H and O–H groups in total. The zero-order chi connectivity index (χ0) is 10.4. The molecular formula is C10H14FNO2. The molecule has 0 saturated heterocycles. The van der Waals surface area contributed by atoms with Crippen LogP contribution in [0, 0.1) is 5.82 Å². The molecule has 0 aliphatic heterocycles. The number of aliphatic hydroxyl groups is 1. The van der Waals surface area contributed by atoms with Crippen molar-refractivity contribution in [3.8, 4) is 5.75 Å². The summed E-state index contributed by atoms with van der Waals surface area (Å²) in [5, 5.41) is 9.28. The molecule has 14 heavy (non-hydrogen) atoms. The summed E-state index contributed by atoms with van der Waals surface area (Å²) < 4.78 is 17.8. The molecule has 0 aliphatic carbocycles. The highest BCUT2D eigenvalue weighted by Gasteiger charge is 2.03. The minimum Gasteiger partial charge on any atom is -0.491 e. The fourth-order valence-electron chi connectivity index (χ4n) is 1.02. The highest BCUT2D eigenvalue weighted by Crippen LogP contribution is 2.12. The average molecular weight is 199 g/mol. The second-order valence-corrected chi connectivity index (χ2v) is 3.00. The molecule has 0 amide bonds. The number of aliphatic hydroxyl groups excluding tert-OH is 1. The predicted octanol–water partition coefficient (Wildman–Crippen LogP) is 0.914. The van der Waals surface area contributed by atoms with Gasteiger partial charge in [0.25, 0.3) is 0 Å². The van der Waals surface area contributed by atoms with Gasteiger partial charge in [-0.1, -0.05) is 6.07 Å². The van der Waals surface area contributed by atoms with E-state index in [1.807, 2.05) is 0 Å². The summed E-state index contributed by atoms with van der Waals surface area (Å²) >= 11 is 0. The van der Waals surface area contributed by atoms with Crippen LogP contribution in [-0.4, -0.2) is 24.4 Å². The number of ether oxygens (including phenoxy) is 1. The number of hydrogen-bond donors (Lipinski definition) is 2. The van der Waals surface area contributed by atoms with Gasteiger partial charge in [-0.3, -0.25) is 0 Å². The van der Waals surface area contributed by atoms with Gasteiger partial charge >= 0.3 is 0 Å². The number of rotatable bonds is 5.